The molecule has 128 valence electrons. The molecular formula is C20H33NOSn. The second kappa shape index (κ2) is 11.9. The topological polar surface area (TPSA) is 29.4 Å². The van der Waals surface area contributed by atoms with E-state index in [2.05, 4.69) is 50.0 Å². The Hall–Kier alpha value is -0.601. The van der Waals surface area contributed by atoms with E-state index in [1.54, 1.807) is 9.66 Å². The van der Waals surface area contributed by atoms with Crippen molar-refractivity contribution in [3.05, 3.63) is 29.8 Å². The number of aliphatic imine (C=N–C) groups is 1. The molecular weight excluding hydrogens is 389 g/mol. The van der Waals surface area contributed by atoms with E-state index in [0.717, 1.165) is 0 Å². The number of rotatable bonds is 12. The molecule has 0 aromatic heterocycles. The molecule has 0 radical (unpaired) electrons. The van der Waals surface area contributed by atoms with E-state index in [1.807, 2.05) is 0 Å². The van der Waals surface area contributed by atoms with Gasteiger partial charge in [0.2, 0.25) is 0 Å². The van der Waals surface area contributed by atoms with Gasteiger partial charge in [0.25, 0.3) is 0 Å². The summed E-state index contributed by atoms with van der Waals surface area (Å²) in [6.45, 7) is 7.41. The Morgan fingerprint density at radius 3 is 2.00 bits per heavy atom. The molecule has 1 aromatic rings. The first-order chi connectivity index (χ1) is 11.2. The summed E-state index contributed by atoms with van der Waals surface area (Å²) in [4.78, 5) is 14.2. The standard InChI is InChI=1S/C8H6NO.3C4H9.Sn/c10-7-9-6-8-4-2-1-3-5-8;3*1-3-4-2;/h1-2,4-5H,6H2;3*1,3-4H2,2H3;. The Balaban J connectivity index is 3.14. The van der Waals surface area contributed by atoms with Crippen molar-refractivity contribution >= 4 is 28.0 Å². The number of nitrogens with zero attached hydrogens (tertiary/aromatic N) is 1. The van der Waals surface area contributed by atoms with E-state index in [-0.39, 0.29) is 0 Å². The summed E-state index contributed by atoms with van der Waals surface area (Å²) in [7, 11) is 0. The van der Waals surface area contributed by atoms with Gasteiger partial charge < -0.3 is 0 Å². The number of isocyanates is 1. The van der Waals surface area contributed by atoms with Crippen LogP contribution < -0.4 is 3.58 Å². The van der Waals surface area contributed by atoms with Gasteiger partial charge in [-0.05, 0) is 0 Å². The maximum absolute atomic E-state index is 10.4. The fourth-order valence-corrected chi connectivity index (χ4v) is 19.6. The SMILES string of the molecule is CCC[CH2][Sn]([CH2]CCC)([CH2]CCC)[c]1cccc(CN=C=O)c1. The fourth-order valence-electron chi connectivity index (χ4n) is 3.48. The summed E-state index contributed by atoms with van der Waals surface area (Å²) in [5.41, 5.74) is 1.18. The van der Waals surface area contributed by atoms with Crippen LogP contribution in [-0.4, -0.2) is 24.5 Å². The van der Waals surface area contributed by atoms with Crippen molar-refractivity contribution in [1.29, 1.82) is 0 Å². The molecule has 0 unspecified atom stereocenters. The van der Waals surface area contributed by atoms with Crippen molar-refractivity contribution in [2.75, 3.05) is 0 Å². The summed E-state index contributed by atoms with van der Waals surface area (Å²) in [6.07, 6.45) is 9.69. The summed E-state index contributed by atoms with van der Waals surface area (Å²) in [5, 5.41) is 0. The Morgan fingerprint density at radius 2 is 1.52 bits per heavy atom. The zero-order valence-corrected chi connectivity index (χ0v) is 18.1. The summed E-state index contributed by atoms with van der Waals surface area (Å²) in [6, 6.07) is 9.03. The van der Waals surface area contributed by atoms with Crippen molar-refractivity contribution in [3.8, 4) is 0 Å². The van der Waals surface area contributed by atoms with E-state index in [0.29, 0.717) is 6.54 Å². The molecule has 2 nitrogen and oxygen atoms in total. The van der Waals surface area contributed by atoms with E-state index in [1.165, 1.54) is 57.4 Å². The number of carbonyl (C=O) groups excluding carboxylic acids is 1. The molecule has 0 heterocycles. The van der Waals surface area contributed by atoms with Gasteiger partial charge in [-0.25, -0.2) is 0 Å². The van der Waals surface area contributed by atoms with Crippen LogP contribution in [0.1, 0.15) is 64.9 Å². The minimum atomic E-state index is -2.34. The molecule has 0 fully saturated rings. The second-order valence-corrected chi connectivity index (χ2v) is 19.9. The predicted octanol–water partition coefficient (Wildman–Crippen LogP) is 5.58. The summed E-state index contributed by atoms with van der Waals surface area (Å²) < 4.78 is 6.09. The molecule has 0 aliphatic heterocycles. The van der Waals surface area contributed by atoms with Gasteiger partial charge in [-0.3, -0.25) is 0 Å². The van der Waals surface area contributed by atoms with Gasteiger partial charge in [0.1, 0.15) is 0 Å². The summed E-state index contributed by atoms with van der Waals surface area (Å²) in [5.74, 6) is 0. The zero-order valence-electron chi connectivity index (χ0n) is 15.2. The van der Waals surface area contributed by atoms with Crippen LogP contribution in [0.15, 0.2) is 29.3 Å². The molecule has 0 saturated heterocycles. The maximum atomic E-state index is 10.4. The first-order valence-corrected chi connectivity index (χ1v) is 16.8. The van der Waals surface area contributed by atoms with Gasteiger partial charge in [0, 0.05) is 0 Å². The quantitative estimate of drug-likeness (QED) is 0.246. The molecule has 1 rings (SSSR count). The van der Waals surface area contributed by atoms with E-state index < -0.39 is 18.4 Å². The van der Waals surface area contributed by atoms with E-state index in [4.69, 9.17) is 0 Å². The fraction of sp³-hybridized carbons (Fsp3) is 0.650. The van der Waals surface area contributed by atoms with Crippen molar-refractivity contribution in [3.63, 3.8) is 0 Å². The van der Waals surface area contributed by atoms with Crippen LogP contribution in [0.2, 0.25) is 13.3 Å². The normalized spacial score (nSPS) is 11.3. The molecule has 0 saturated carbocycles. The van der Waals surface area contributed by atoms with E-state index in [9.17, 15) is 4.79 Å². The first kappa shape index (κ1) is 20.4. The number of hydrogen-bond donors (Lipinski definition) is 0. The third kappa shape index (κ3) is 6.81. The molecule has 0 atom stereocenters. The van der Waals surface area contributed by atoms with Crippen LogP contribution in [0.5, 0.6) is 0 Å². The average Bonchev–Trinajstić information content (AvgIpc) is 2.60. The molecule has 0 aliphatic carbocycles. The van der Waals surface area contributed by atoms with Gasteiger partial charge in [0.05, 0.1) is 0 Å². The third-order valence-electron chi connectivity index (χ3n) is 4.89. The van der Waals surface area contributed by atoms with E-state index >= 15 is 0 Å². The van der Waals surface area contributed by atoms with Crippen molar-refractivity contribution in [2.45, 2.75) is 79.2 Å². The number of unbranched alkanes of at least 4 members (excludes halogenated alkanes) is 3. The molecule has 0 aliphatic rings. The Bertz CT molecular complexity index is 472. The van der Waals surface area contributed by atoms with Crippen molar-refractivity contribution in [1.82, 2.24) is 0 Å². The van der Waals surface area contributed by atoms with Gasteiger partial charge in [-0.15, -0.1) is 0 Å². The Kier molecular flexibility index (Phi) is 10.5. The van der Waals surface area contributed by atoms with Crippen LogP contribution in [0.25, 0.3) is 0 Å². The van der Waals surface area contributed by atoms with Crippen molar-refractivity contribution < 1.29 is 4.79 Å². The van der Waals surface area contributed by atoms with Gasteiger partial charge in [0.15, 0.2) is 0 Å². The molecule has 23 heavy (non-hydrogen) atoms. The van der Waals surface area contributed by atoms with Gasteiger partial charge in [-0.2, -0.15) is 0 Å². The van der Waals surface area contributed by atoms with Crippen LogP contribution >= 0.6 is 0 Å². The van der Waals surface area contributed by atoms with Gasteiger partial charge >= 0.3 is 147 Å². The van der Waals surface area contributed by atoms with Gasteiger partial charge in [-0.1, -0.05) is 0 Å². The Labute approximate surface area is 146 Å². The van der Waals surface area contributed by atoms with Crippen LogP contribution in [0.3, 0.4) is 0 Å². The molecule has 0 N–H and O–H groups in total. The van der Waals surface area contributed by atoms with Crippen LogP contribution in [0.4, 0.5) is 0 Å². The molecule has 0 spiro atoms. The summed E-state index contributed by atoms with van der Waals surface area (Å²) >= 11 is -2.34. The molecule has 0 bridgehead atoms. The predicted molar refractivity (Wildman–Crippen MR) is 103 cm³/mol. The van der Waals surface area contributed by atoms with Crippen molar-refractivity contribution in [2.24, 2.45) is 4.99 Å². The Morgan fingerprint density at radius 1 is 0.957 bits per heavy atom. The average molecular weight is 422 g/mol. The zero-order chi connectivity index (χ0) is 17.0. The monoisotopic (exact) mass is 423 g/mol. The van der Waals surface area contributed by atoms with Crippen LogP contribution in [-0.2, 0) is 11.3 Å². The third-order valence-corrected chi connectivity index (χ3v) is 20.5. The minimum absolute atomic E-state index is 0.481. The molecule has 0 amide bonds. The number of hydrogen-bond acceptors (Lipinski definition) is 2. The first-order valence-electron chi connectivity index (χ1n) is 9.35. The van der Waals surface area contributed by atoms with Crippen LogP contribution in [0, 0.1) is 0 Å². The molecule has 1 aromatic carbocycles. The molecule has 3 heteroatoms. The number of benzene rings is 1. The second-order valence-electron chi connectivity index (χ2n) is 6.70.